The molecule has 1 aliphatic carbocycles. The molecule has 0 radical (unpaired) electrons. The van der Waals surface area contributed by atoms with Crippen LogP contribution in [0.25, 0.3) is 0 Å². The molecule has 1 saturated carbocycles. The number of rotatable bonds is 3. The van der Waals surface area contributed by atoms with Gasteiger partial charge in [0.05, 0.1) is 11.4 Å². The number of thioether (sulfide) groups is 1. The van der Waals surface area contributed by atoms with E-state index in [1.54, 1.807) is 11.8 Å². The number of nitrogens with two attached hydrogens (primary N) is 1. The molecule has 1 aromatic carbocycles. The minimum Gasteiger partial charge on any atom is -0.392 e. The van der Waals surface area contributed by atoms with Gasteiger partial charge in [-0.2, -0.15) is 0 Å². The summed E-state index contributed by atoms with van der Waals surface area (Å²) >= 11 is 8.14. The number of benzene rings is 1. The first-order valence-electron chi connectivity index (χ1n) is 9.31. The Morgan fingerprint density at radius 2 is 2.23 bits per heavy atom. The van der Waals surface area contributed by atoms with Gasteiger partial charge < -0.3 is 16.2 Å². The van der Waals surface area contributed by atoms with E-state index in [4.69, 9.17) is 17.3 Å². The number of fused-ring (bicyclic) bond motifs is 3. The lowest BCUT2D eigenvalue weighted by Gasteiger charge is -2.48. The maximum Gasteiger partial charge on any atom is 0.234 e. The number of hydrogen-bond acceptors (Lipinski definition) is 4. The summed E-state index contributed by atoms with van der Waals surface area (Å²) in [5.41, 5.74) is 7.89. The number of halogens is 1. The lowest BCUT2D eigenvalue weighted by molar-refractivity contribution is -0.126. The molecular formula is C20H25ClN2O2S. The molecule has 140 valence electrons. The van der Waals surface area contributed by atoms with Crippen LogP contribution in [-0.2, 0) is 4.79 Å². The average Bonchev–Trinajstić information content (AvgIpc) is 3.12. The molecule has 4 N–H and O–H groups in total. The van der Waals surface area contributed by atoms with Crippen LogP contribution in [0.4, 0.5) is 0 Å². The van der Waals surface area contributed by atoms with Crippen molar-refractivity contribution in [2.45, 2.75) is 49.0 Å². The predicted molar refractivity (Wildman–Crippen MR) is 106 cm³/mol. The summed E-state index contributed by atoms with van der Waals surface area (Å²) in [6.45, 7) is 2.61. The van der Waals surface area contributed by atoms with Crippen molar-refractivity contribution >= 4 is 29.3 Å². The van der Waals surface area contributed by atoms with Crippen LogP contribution in [0, 0.1) is 11.8 Å². The van der Waals surface area contributed by atoms with Gasteiger partial charge >= 0.3 is 0 Å². The second kappa shape index (κ2) is 7.19. The van der Waals surface area contributed by atoms with Gasteiger partial charge in [0.2, 0.25) is 5.91 Å². The highest BCUT2D eigenvalue weighted by Crippen LogP contribution is 2.50. The molecule has 6 heteroatoms. The van der Waals surface area contributed by atoms with Crippen molar-refractivity contribution in [3.8, 4) is 0 Å². The second-order valence-corrected chi connectivity index (χ2v) is 9.20. The van der Waals surface area contributed by atoms with Gasteiger partial charge in [0.1, 0.15) is 0 Å². The minimum absolute atomic E-state index is 0.0232. The molecule has 3 aliphatic rings. The molecular weight excluding hydrogens is 368 g/mol. The molecule has 0 spiro atoms. The molecule has 7 atom stereocenters. The predicted octanol–water partition coefficient (Wildman–Crippen LogP) is 3.00. The van der Waals surface area contributed by atoms with E-state index in [2.05, 4.69) is 24.4 Å². The summed E-state index contributed by atoms with van der Waals surface area (Å²) in [5.74, 6) is 0.672. The molecule has 0 bridgehead atoms. The van der Waals surface area contributed by atoms with Crippen molar-refractivity contribution in [3.05, 3.63) is 45.8 Å². The maximum atomic E-state index is 12.4. The van der Waals surface area contributed by atoms with Gasteiger partial charge in [-0.05, 0) is 53.8 Å². The number of aliphatic hydroxyl groups excluding tert-OH is 1. The zero-order valence-electron chi connectivity index (χ0n) is 14.8. The smallest absolute Gasteiger partial charge is 0.234 e. The largest absolute Gasteiger partial charge is 0.392 e. The monoisotopic (exact) mass is 392 g/mol. The van der Waals surface area contributed by atoms with Crippen molar-refractivity contribution in [2.75, 3.05) is 6.54 Å². The van der Waals surface area contributed by atoms with E-state index >= 15 is 0 Å². The topological polar surface area (TPSA) is 75.3 Å². The third-order valence-corrected chi connectivity index (χ3v) is 7.73. The van der Waals surface area contributed by atoms with Crippen molar-refractivity contribution in [1.29, 1.82) is 0 Å². The third kappa shape index (κ3) is 2.99. The van der Waals surface area contributed by atoms with Crippen LogP contribution < -0.4 is 11.1 Å². The van der Waals surface area contributed by atoms with E-state index in [1.807, 2.05) is 17.5 Å². The molecule has 4 nitrogen and oxygen atoms in total. The fraction of sp³-hybridized carbons (Fsp3) is 0.550. The second-order valence-electron chi connectivity index (χ2n) is 7.74. The van der Waals surface area contributed by atoms with Crippen molar-refractivity contribution < 1.29 is 9.90 Å². The molecule has 7 unspecified atom stereocenters. The Morgan fingerprint density at radius 1 is 1.42 bits per heavy atom. The molecule has 1 amide bonds. The van der Waals surface area contributed by atoms with Gasteiger partial charge in [-0.25, -0.2) is 0 Å². The molecule has 2 heterocycles. The lowest BCUT2D eigenvalue weighted by atomic mass is 9.63. The first-order chi connectivity index (χ1) is 12.5. The Labute approximate surface area is 163 Å². The van der Waals surface area contributed by atoms with E-state index in [9.17, 15) is 9.90 Å². The Kier molecular flexibility index (Phi) is 5.08. The van der Waals surface area contributed by atoms with Crippen molar-refractivity contribution in [3.63, 3.8) is 0 Å². The maximum absolute atomic E-state index is 12.4. The Morgan fingerprint density at radius 3 is 2.96 bits per heavy atom. The van der Waals surface area contributed by atoms with Gasteiger partial charge in [-0.1, -0.05) is 36.7 Å². The Hall–Kier alpha value is -1.01. The van der Waals surface area contributed by atoms with Crippen molar-refractivity contribution in [1.82, 2.24) is 5.32 Å². The van der Waals surface area contributed by atoms with Crippen LogP contribution in [0.2, 0.25) is 5.02 Å². The lowest BCUT2D eigenvalue weighted by Crippen LogP contribution is -2.59. The molecule has 4 rings (SSSR count). The van der Waals surface area contributed by atoms with Crippen LogP contribution in [0.1, 0.15) is 42.7 Å². The minimum atomic E-state index is -0.417. The Bertz CT molecular complexity index is 741. The van der Waals surface area contributed by atoms with E-state index in [-0.39, 0.29) is 40.9 Å². The van der Waals surface area contributed by atoms with Crippen molar-refractivity contribution in [2.24, 2.45) is 17.6 Å². The summed E-state index contributed by atoms with van der Waals surface area (Å²) < 4.78 is 0. The first-order valence-corrected chi connectivity index (χ1v) is 10.6. The number of amides is 1. The van der Waals surface area contributed by atoms with Gasteiger partial charge in [0.15, 0.2) is 0 Å². The molecule has 2 aliphatic heterocycles. The van der Waals surface area contributed by atoms with E-state index in [1.165, 1.54) is 0 Å². The normalized spacial score (nSPS) is 37.0. The zero-order chi connectivity index (χ0) is 18.4. The fourth-order valence-electron chi connectivity index (χ4n) is 4.87. The van der Waals surface area contributed by atoms with Gasteiger partial charge in [0.25, 0.3) is 0 Å². The number of carbonyl (C=O) groups is 1. The average molecular weight is 393 g/mol. The molecule has 0 aromatic heterocycles. The highest BCUT2D eigenvalue weighted by molar-refractivity contribution is 8.03. The van der Waals surface area contributed by atoms with Gasteiger partial charge in [-0.3, -0.25) is 4.79 Å². The summed E-state index contributed by atoms with van der Waals surface area (Å²) in [5, 5.41) is 16.7. The van der Waals surface area contributed by atoms with E-state index < -0.39 is 6.10 Å². The van der Waals surface area contributed by atoms with Gasteiger partial charge in [-0.15, -0.1) is 11.8 Å². The van der Waals surface area contributed by atoms with Crippen LogP contribution >= 0.6 is 23.4 Å². The zero-order valence-corrected chi connectivity index (χ0v) is 16.3. The molecule has 1 saturated heterocycles. The standard InChI is InChI=1S/C20H25ClN2O2S/c1-10(9-22)12-3-2-11(8-14(12)21)17-16(24)5-4-15-18(17)13-6-7-26-19(13)20(25)23-15/h2-3,6-8,10,13,15-19,24H,4-5,9,22H2,1H3,(H,23,25). The first kappa shape index (κ1) is 18.4. The number of aliphatic hydroxyl groups is 1. The van der Waals surface area contributed by atoms with E-state index in [0.717, 1.165) is 17.5 Å². The third-order valence-electron chi connectivity index (χ3n) is 6.27. The van der Waals surface area contributed by atoms with Crippen LogP contribution in [-0.4, -0.2) is 35.0 Å². The Balaban J connectivity index is 1.71. The fourth-order valence-corrected chi connectivity index (χ4v) is 6.33. The summed E-state index contributed by atoms with van der Waals surface area (Å²) in [6, 6.07) is 6.24. The quantitative estimate of drug-likeness (QED) is 0.739. The number of allylic oxidation sites excluding steroid dienone is 1. The van der Waals surface area contributed by atoms with Crippen LogP contribution in [0.3, 0.4) is 0 Å². The summed E-state index contributed by atoms with van der Waals surface area (Å²) in [7, 11) is 0. The van der Waals surface area contributed by atoms with Crippen LogP contribution in [0.15, 0.2) is 29.7 Å². The number of hydrogen-bond donors (Lipinski definition) is 3. The number of nitrogens with one attached hydrogen (secondary N) is 1. The molecule has 26 heavy (non-hydrogen) atoms. The van der Waals surface area contributed by atoms with Crippen LogP contribution in [0.5, 0.6) is 0 Å². The highest BCUT2D eigenvalue weighted by Gasteiger charge is 2.51. The number of carbonyl (C=O) groups excluding carboxylic acids is 1. The number of piperidine rings is 1. The van der Waals surface area contributed by atoms with Gasteiger partial charge in [0, 0.05) is 22.9 Å². The molecule has 1 aromatic rings. The highest BCUT2D eigenvalue weighted by atomic mass is 35.5. The van der Waals surface area contributed by atoms with E-state index in [0.29, 0.717) is 18.0 Å². The SMILES string of the molecule is CC(CN)c1ccc(C2C(O)CCC3NC(=O)C4SC=CC4C32)cc1Cl. The molecule has 2 fully saturated rings. The summed E-state index contributed by atoms with van der Waals surface area (Å²) in [6.07, 6.45) is 3.26. The summed E-state index contributed by atoms with van der Waals surface area (Å²) in [4.78, 5) is 12.4.